The van der Waals surface area contributed by atoms with Gasteiger partial charge in [-0.05, 0) is 6.92 Å². The second-order valence-corrected chi connectivity index (χ2v) is 3.56. The molecule has 0 aliphatic carbocycles. The smallest absolute Gasteiger partial charge is 0.223 e. The van der Waals surface area contributed by atoms with Crippen LogP contribution in [0.5, 0.6) is 0 Å². The second kappa shape index (κ2) is 2.99. The normalized spacial score (nSPS) is 21.2. The molecule has 0 bridgehead atoms. The van der Waals surface area contributed by atoms with Crippen LogP contribution in [-0.2, 0) is 4.79 Å². The Morgan fingerprint density at radius 1 is 1.73 bits per heavy atom. The Labute approximate surface area is 70.9 Å². The summed E-state index contributed by atoms with van der Waals surface area (Å²) >= 11 is 5.38. The van der Waals surface area contributed by atoms with Crippen LogP contribution < -0.4 is 0 Å². The standard InChI is InChI=1S/C7H12ClNO2/c1-7(11)4-9(5-7)6(10)2-3-8/h11H,2-5H2,1H3. The number of alkyl halides is 1. The maximum absolute atomic E-state index is 11.0. The Morgan fingerprint density at radius 3 is 2.64 bits per heavy atom. The van der Waals surface area contributed by atoms with E-state index in [1.165, 1.54) is 0 Å². The highest BCUT2D eigenvalue weighted by atomic mass is 35.5. The van der Waals surface area contributed by atoms with Crippen LogP contribution >= 0.6 is 11.6 Å². The van der Waals surface area contributed by atoms with E-state index < -0.39 is 5.60 Å². The third-order valence-electron chi connectivity index (χ3n) is 1.72. The molecule has 0 radical (unpaired) electrons. The highest BCUT2D eigenvalue weighted by Gasteiger charge is 2.38. The molecule has 11 heavy (non-hydrogen) atoms. The zero-order valence-electron chi connectivity index (χ0n) is 6.51. The molecule has 1 rings (SSSR count). The fourth-order valence-electron chi connectivity index (χ4n) is 1.19. The van der Waals surface area contributed by atoms with Crippen molar-refractivity contribution in [2.75, 3.05) is 19.0 Å². The van der Waals surface area contributed by atoms with Gasteiger partial charge in [-0.3, -0.25) is 4.79 Å². The minimum absolute atomic E-state index is 0.0338. The Kier molecular flexibility index (Phi) is 2.40. The number of amides is 1. The van der Waals surface area contributed by atoms with Crippen LogP contribution in [0.2, 0.25) is 0 Å². The fraction of sp³-hybridized carbons (Fsp3) is 0.857. The molecule has 1 amide bonds. The van der Waals surface area contributed by atoms with Crippen molar-refractivity contribution in [1.82, 2.24) is 4.90 Å². The van der Waals surface area contributed by atoms with Gasteiger partial charge in [-0.15, -0.1) is 11.6 Å². The molecular formula is C7H12ClNO2. The van der Waals surface area contributed by atoms with Gasteiger partial charge >= 0.3 is 0 Å². The molecule has 0 unspecified atom stereocenters. The molecule has 0 spiro atoms. The average molecular weight is 178 g/mol. The van der Waals surface area contributed by atoms with E-state index in [-0.39, 0.29) is 5.91 Å². The predicted octanol–water partition coefficient (Wildman–Crippen LogP) is 0.208. The quantitative estimate of drug-likeness (QED) is 0.613. The summed E-state index contributed by atoms with van der Waals surface area (Å²) in [6.07, 6.45) is 0.373. The number of nitrogens with zero attached hydrogens (tertiary/aromatic N) is 1. The summed E-state index contributed by atoms with van der Waals surface area (Å²) < 4.78 is 0. The monoisotopic (exact) mass is 177 g/mol. The molecule has 0 aromatic heterocycles. The van der Waals surface area contributed by atoms with Gasteiger partial charge in [0.2, 0.25) is 5.91 Å². The van der Waals surface area contributed by atoms with Crippen LogP contribution in [0.3, 0.4) is 0 Å². The lowest BCUT2D eigenvalue weighted by Gasteiger charge is -2.44. The molecule has 1 aliphatic heterocycles. The maximum atomic E-state index is 11.0. The van der Waals surface area contributed by atoms with E-state index in [4.69, 9.17) is 11.6 Å². The Hall–Kier alpha value is -0.280. The van der Waals surface area contributed by atoms with Crippen molar-refractivity contribution < 1.29 is 9.90 Å². The van der Waals surface area contributed by atoms with Crippen LogP contribution in [0.15, 0.2) is 0 Å². The number of rotatable bonds is 2. The molecule has 64 valence electrons. The van der Waals surface area contributed by atoms with Gasteiger partial charge < -0.3 is 10.0 Å². The lowest BCUT2D eigenvalue weighted by molar-refractivity contribution is -0.151. The first-order chi connectivity index (χ1) is 5.05. The van der Waals surface area contributed by atoms with Crippen LogP contribution in [0.1, 0.15) is 13.3 Å². The molecule has 1 N–H and O–H groups in total. The van der Waals surface area contributed by atoms with Crippen LogP contribution in [0.25, 0.3) is 0 Å². The van der Waals surface area contributed by atoms with Crippen molar-refractivity contribution in [3.8, 4) is 0 Å². The molecule has 4 heteroatoms. The molecule has 0 aromatic carbocycles. The third kappa shape index (κ3) is 2.07. The first-order valence-electron chi connectivity index (χ1n) is 3.61. The first-order valence-corrected chi connectivity index (χ1v) is 4.15. The van der Waals surface area contributed by atoms with E-state index in [0.717, 1.165) is 0 Å². The van der Waals surface area contributed by atoms with Gasteiger partial charge in [0.05, 0.1) is 18.7 Å². The van der Waals surface area contributed by atoms with Crippen LogP contribution in [0.4, 0.5) is 0 Å². The Bertz CT molecular complexity index is 162. The van der Waals surface area contributed by atoms with Crippen LogP contribution in [-0.4, -0.2) is 40.5 Å². The molecular weight excluding hydrogens is 166 g/mol. The summed E-state index contributed by atoms with van der Waals surface area (Å²) in [4.78, 5) is 12.7. The number of carbonyl (C=O) groups excluding carboxylic acids is 1. The SMILES string of the molecule is CC1(O)CN(C(=O)CCCl)C1. The maximum Gasteiger partial charge on any atom is 0.223 e. The summed E-state index contributed by atoms with van der Waals surface area (Å²) in [5.74, 6) is 0.392. The number of β-amino-alcohol motifs (C(OH)–C–C–N with tert-alkyl or cyclic N) is 1. The van der Waals surface area contributed by atoms with E-state index in [9.17, 15) is 9.90 Å². The number of carbonyl (C=O) groups is 1. The van der Waals surface area contributed by atoms with Gasteiger partial charge in [0.15, 0.2) is 0 Å². The molecule has 1 saturated heterocycles. The van der Waals surface area contributed by atoms with Crippen molar-refractivity contribution in [3.63, 3.8) is 0 Å². The largest absolute Gasteiger partial charge is 0.386 e. The van der Waals surface area contributed by atoms with Crippen molar-refractivity contribution in [2.45, 2.75) is 18.9 Å². The summed E-state index contributed by atoms with van der Waals surface area (Å²) in [6.45, 7) is 2.61. The first kappa shape index (κ1) is 8.81. The average Bonchev–Trinajstić information content (AvgIpc) is 1.83. The number of halogens is 1. The lowest BCUT2D eigenvalue weighted by Crippen LogP contribution is -2.61. The number of hydrogen-bond donors (Lipinski definition) is 1. The summed E-state index contributed by atoms with van der Waals surface area (Å²) in [7, 11) is 0. The van der Waals surface area contributed by atoms with E-state index in [2.05, 4.69) is 0 Å². The van der Waals surface area contributed by atoms with Gasteiger partial charge in [-0.2, -0.15) is 0 Å². The van der Waals surface area contributed by atoms with Crippen molar-refractivity contribution in [3.05, 3.63) is 0 Å². The number of likely N-dealkylation sites (tertiary alicyclic amines) is 1. The topological polar surface area (TPSA) is 40.5 Å². The van der Waals surface area contributed by atoms with Crippen LogP contribution in [0, 0.1) is 0 Å². The van der Waals surface area contributed by atoms with Crippen molar-refractivity contribution in [2.24, 2.45) is 0 Å². The summed E-state index contributed by atoms with van der Waals surface area (Å²) in [5, 5.41) is 9.27. The Balaban J connectivity index is 2.27. The Morgan fingerprint density at radius 2 is 2.27 bits per heavy atom. The fourth-order valence-corrected chi connectivity index (χ4v) is 1.35. The number of hydrogen-bond acceptors (Lipinski definition) is 2. The van der Waals surface area contributed by atoms with Gasteiger partial charge in [-0.25, -0.2) is 0 Å². The highest BCUT2D eigenvalue weighted by molar-refractivity contribution is 6.18. The van der Waals surface area contributed by atoms with Gasteiger partial charge in [0, 0.05) is 12.3 Å². The molecule has 0 aromatic rings. The molecule has 0 atom stereocenters. The van der Waals surface area contributed by atoms with E-state index in [0.29, 0.717) is 25.4 Å². The highest BCUT2D eigenvalue weighted by Crippen LogP contribution is 2.20. The third-order valence-corrected chi connectivity index (χ3v) is 1.91. The molecule has 1 fully saturated rings. The van der Waals surface area contributed by atoms with E-state index in [1.54, 1.807) is 11.8 Å². The van der Waals surface area contributed by atoms with Crippen molar-refractivity contribution >= 4 is 17.5 Å². The van der Waals surface area contributed by atoms with Gasteiger partial charge in [-0.1, -0.05) is 0 Å². The molecule has 1 aliphatic rings. The van der Waals surface area contributed by atoms with E-state index in [1.807, 2.05) is 0 Å². The molecule has 0 saturated carbocycles. The second-order valence-electron chi connectivity index (χ2n) is 3.19. The van der Waals surface area contributed by atoms with Gasteiger partial charge in [0.25, 0.3) is 0 Å². The van der Waals surface area contributed by atoms with Gasteiger partial charge in [0.1, 0.15) is 0 Å². The number of aliphatic hydroxyl groups is 1. The zero-order valence-corrected chi connectivity index (χ0v) is 7.26. The van der Waals surface area contributed by atoms with E-state index >= 15 is 0 Å². The van der Waals surface area contributed by atoms with Crippen molar-refractivity contribution in [1.29, 1.82) is 0 Å². The summed E-state index contributed by atoms with van der Waals surface area (Å²) in [6, 6.07) is 0. The minimum Gasteiger partial charge on any atom is -0.386 e. The minimum atomic E-state index is -0.665. The molecule has 3 nitrogen and oxygen atoms in total. The lowest BCUT2D eigenvalue weighted by atomic mass is 9.97. The molecule has 1 heterocycles. The predicted molar refractivity (Wildman–Crippen MR) is 42.5 cm³/mol. The summed E-state index contributed by atoms with van der Waals surface area (Å²) in [5.41, 5.74) is -0.665. The zero-order chi connectivity index (χ0) is 8.48.